The second-order valence-electron chi connectivity index (χ2n) is 10.9. The van der Waals surface area contributed by atoms with Crippen LogP contribution in [0.4, 0.5) is 0 Å². The molecule has 3 atom stereocenters. The molecule has 2 aliphatic rings. The largest absolute Gasteiger partial charge is 0.213 e. The molecule has 0 radical (unpaired) electrons. The van der Waals surface area contributed by atoms with Crippen molar-refractivity contribution in [1.29, 1.82) is 0 Å². The lowest BCUT2D eigenvalue weighted by Crippen LogP contribution is -2.33. The molecule has 1 nitrogen and oxygen atoms in total. The first kappa shape index (κ1) is 20.5. The molecule has 0 spiro atoms. The van der Waals surface area contributed by atoms with Crippen molar-refractivity contribution in [2.45, 2.75) is 53.4 Å². The normalized spacial score (nSPS) is 26.4. The van der Waals surface area contributed by atoms with Gasteiger partial charge in [0, 0.05) is 17.7 Å². The van der Waals surface area contributed by atoms with Crippen molar-refractivity contribution in [1.82, 2.24) is 0 Å². The van der Waals surface area contributed by atoms with E-state index >= 15 is 0 Å². The number of nitrogens with zero attached hydrogens (tertiary/aromatic N) is 1. The highest BCUT2D eigenvalue weighted by molar-refractivity contribution is 5.70. The molecular formula is C30H36N+. The van der Waals surface area contributed by atoms with Crippen molar-refractivity contribution < 1.29 is 4.57 Å². The first-order valence-corrected chi connectivity index (χ1v) is 11.9. The second kappa shape index (κ2) is 7.33. The summed E-state index contributed by atoms with van der Waals surface area (Å²) in [5.41, 5.74) is 8.98. The van der Waals surface area contributed by atoms with Gasteiger partial charge in [0.25, 0.3) is 0 Å². The van der Waals surface area contributed by atoms with E-state index in [1.54, 1.807) is 0 Å². The molecule has 2 aliphatic carbocycles. The van der Waals surface area contributed by atoms with Crippen LogP contribution >= 0.6 is 0 Å². The maximum Gasteiger partial charge on any atom is 0.213 e. The summed E-state index contributed by atoms with van der Waals surface area (Å²) >= 11 is 0. The van der Waals surface area contributed by atoms with Crippen LogP contribution in [0.1, 0.15) is 51.2 Å². The molecule has 2 saturated carbocycles. The van der Waals surface area contributed by atoms with Gasteiger partial charge < -0.3 is 0 Å². The topological polar surface area (TPSA) is 3.88 Å². The third-order valence-electron chi connectivity index (χ3n) is 9.32. The van der Waals surface area contributed by atoms with Gasteiger partial charge in [-0.1, -0.05) is 63.2 Å². The third kappa shape index (κ3) is 3.25. The molecule has 5 rings (SSSR count). The summed E-state index contributed by atoms with van der Waals surface area (Å²) in [5.74, 6) is 1.75. The first-order chi connectivity index (χ1) is 14.8. The fraction of sp³-hybridized carbons (Fsp3) is 0.433. The number of benzene rings is 2. The molecular weight excluding hydrogens is 374 g/mol. The monoisotopic (exact) mass is 410 g/mol. The molecule has 0 amide bonds. The number of fused-ring (bicyclic) bond motifs is 2. The minimum absolute atomic E-state index is 0.503. The van der Waals surface area contributed by atoms with Crippen LogP contribution in [0, 0.1) is 29.6 Å². The number of hydrogen-bond acceptors (Lipinski definition) is 0. The van der Waals surface area contributed by atoms with Crippen molar-refractivity contribution in [3.8, 4) is 22.4 Å². The Kier molecular flexibility index (Phi) is 4.84. The fourth-order valence-corrected chi connectivity index (χ4v) is 6.67. The average molecular weight is 411 g/mol. The Bertz CT molecular complexity index is 1110. The number of hydrogen-bond donors (Lipinski definition) is 0. The fourth-order valence-electron chi connectivity index (χ4n) is 6.67. The van der Waals surface area contributed by atoms with Crippen LogP contribution in [-0.2, 0) is 13.5 Å². The summed E-state index contributed by atoms with van der Waals surface area (Å²) in [6.07, 6.45) is 7.68. The maximum absolute atomic E-state index is 2.57. The van der Waals surface area contributed by atoms with Gasteiger partial charge in [-0.25, -0.2) is 4.57 Å². The van der Waals surface area contributed by atoms with E-state index in [0.717, 1.165) is 11.8 Å². The molecule has 2 bridgehead atoms. The molecule has 0 N–H and O–H groups in total. The van der Waals surface area contributed by atoms with E-state index in [0.29, 0.717) is 10.8 Å². The van der Waals surface area contributed by atoms with Gasteiger partial charge in [0.05, 0.1) is 0 Å². The summed E-state index contributed by atoms with van der Waals surface area (Å²) in [6.45, 7) is 9.80. The van der Waals surface area contributed by atoms with Crippen LogP contribution in [-0.4, -0.2) is 0 Å². The SMILES string of the molecule is Cc1ccccc1-c1cc(-c2ccc(CC3CC4CCC3(C)C4(C)C)cc2)cc[n+]1C. The maximum atomic E-state index is 2.57. The Labute approximate surface area is 188 Å². The molecule has 160 valence electrons. The van der Waals surface area contributed by atoms with Gasteiger partial charge in [0.15, 0.2) is 6.20 Å². The summed E-state index contributed by atoms with van der Waals surface area (Å²) in [6, 6.07) is 22.6. The van der Waals surface area contributed by atoms with Crippen molar-refractivity contribution in [2.24, 2.45) is 29.7 Å². The standard InChI is InChI=1S/C30H36N/c1-21-8-6-7-9-27(21)28-19-24(15-17-31(28)5)23-12-10-22(11-13-23)18-26-20-25-14-16-30(26,4)29(25,2)3/h6-13,15,17,19,25-26H,14,16,18,20H2,1-5H3/q+1. The molecule has 0 aliphatic heterocycles. The van der Waals surface area contributed by atoms with E-state index in [9.17, 15) is 0 Å². The van der Waals surface area contributed by atoms with E-state index in [1.807, 2.05) is 0 Å². The molecule has 1 heterocycles. The predicted molar refractivity (Wildman–Crippen MR) is 130 cm³/mol. The lowest BCUT2D eigenvalue weighted by atomic mass is 9.65. The highest BCUT2D eigenvalue weighted by Crippen LogP contribution is 2.68. The van der Waals surface area contributed by atoms with Crippen LogP contribution in [0.15, 0.2) is 66.9 Å². The number of rotatable bonds is 4. The minimum Gasteiger partial charge on any atom is -0.201 e. The van der Waals surface area contributed by atoms with E-state index in [2.05, 4.69) is 106 Å². The Morgan fingerprint density at radius 2 is 1.68 bits per heavy atom. The third-order valence-corrected chi connectivity index (χ3v) is 9.32. The molecule has 1 heteroatoms. The minimum atomic E-state index is 0.503. The van der Waals surface area contributed by atoms with Gasteiger partial charge in [0.2, 0.25) is 5.69 Å². The van der Waals surface area contributed by atoms with Crippen LogP contribution in [0.25, 0.3) is 22.4 Å². The van der Waals surface area contributed by atoms with Gasteiger partial charge in [-0.15, -0.1) is 0 Å². The summed E-state index contributed by atoms with van der Waals surface area (Å²) in [5, 5.41) is 0. The quantitative estimate of drug-likeness (QED) is 0.402. The van der Waals surface area contributed by atoms with Crippen molar-refractivity contribution in [2.75, 3.05) is 0 Å². The molecule has 3 unspecified atom stereocenters. The van der Waals surface area contributed by atoms with Crippen LogP contribution in [0.3, 0.4) is 0 Å². The van der Waals surface area contributed by atoms with Crippen molar-refractivity contribution in [3.05, 3.63) is 78.0 Å². The molecule has 3 aromatic rings. The molecule has 2 fully saturated rings. The molecule has 31 heavy (non-hydrogen) atoms. The average Bonchev–Trinajstić information content (AvgIpc) is 3.09. The second-order valence-corrected chi connectivity index (χ2v) is 10.9. The van der Waals surface area contributed by atoms with E-state index in [-0.39, 0.29) is 0 Å². The lowest BCUT2D eigenvalue weighted by Gasteiger charge is -2.39. The zero-order valence-electron chi connectivity index (χ0n) is 19.8. The molecule has 2 aromatic carbocycles. The van der Waals surface area contributed by atoms with Crippen LogP contribution < -0.4 is 4.57 Å². The smallest absolute Gasteiger partial charge is 0.201 e. The highest BCUT2D eigenvalue weighted by atomic mass is 14.9. The van der Waals surface area contributed by atoms with Gasteiger partial charge in [-0.3, -0.25) is 0 Å². The summed E-state index contributed by atoms with van der Waals surface area (Å²) in [4.78, 5) is 0. The van der Waals surface area contributed by atoms with Gasteiger partial charge in [-0.05, 0) is 83.6 Å². The van der Waals surface area contributed by atoms with E-state index in [4.69, 9.17) is 0 Å². The van der Waals surface area contributed by atoms with E-state index in [1.165, 1.54) is 59.2 Å². The van der Waals surface area contributed by atoms with Crippen molar-refractivity contribution >= 4 is 0 Å². The number of aryl methyl sites for hydroxylation is 2. The van der Waals surface area contributed by atoms with Crippen molar-refractivity contribution in [3.63, 3.8) is 0 Å². The first-order valence-electron chi connectivity index (χ1n) is 11.9. The highest BCUT2D eigenvalue weighted by Gasteiger charge is 2.60. The summed E-state index contributed by atoms with van der Waals surface area (Å²) in [7, 11) is 2.13. The zero-order chi connectivity index (χ0) is 21.8. The predicted octanol–water partition coefficient (Wildman–Crippen LogP) is 7.16. The zero-order valence-corrected chi connectivity index (χ0v) is 19.8. The Morgan fingerprint density at radius 1 is 0.935 bits per heavy atom. The van der Waals surface area contributed by atoms with Gasteiger partial charge in [0.1, 0.15) is 7.05 Å². The summed E-state index contributed by atoms with van der Waals surface area (Å²) < 4.78 is 2.22. The van der Waals surface area contributed by atoms with Gasteiger partial charge in [-0.2, -0.15) is 0 Å². The number of aromatic nitrogens is 1. The van der Waals surface area contributed by atoms with Crippen LogP contribution in [0.2, 0.25) is 0 Å². The molecule has 1 aromatic heterocycles. The Hall–Kier alpha value is -2.41. The lowest BCUT2D eigenvalue weighted by molar-refractivity contribution is -0.660. The van der Waals surface area contributed by atoms with Gasteiger partial charge >= 0.3 is 0 Å². The molecule has 0 saturated heterocycles. The van der Waals surface area contributed by atoms with Crippen LogP contribution in [0.5, 0.6) is 0 Å². The Morgan fingerprint density at radius 3 is 2.32 bits per heavy atom. The number of pyridine rings is 1. The van der Waals surface area contributed by atoms with E-state index < -0.39 is 0 Å². The Balaban J connectivity index is 1.39.